The summed E-state index contributed by atoms with van der Waals surface area (Å²) in [6, 6.07) is 16.6. The molecule has 1 aromatic heterocycles. The van der Waals surface area contributed by atoms with Gasteiger partial charge in [0.05, 0.1) is 26.3 Å². The molecule has 0 saturated heterocycles. The Kier molecular flexibility index (Phi) is 8.22. The number of aromatic amines is 1. The van der Waals surface area contributed by atoms with Crippen molar-refractivity contribution in [3.63, 3.8) is 0 Å². The second-order valence-corrected chi connectivity index (χ2v) is 9.32. The van der Waals surface area contributed by atoms with Gasteiger partial charge in [0.1, 0.15) is 12.4 Å². The van der Waals surface area contributed by atoms with Gasteiger partial charge in [0.25, 0.3) is 0 Å². The van der Waals surface area contributed by atoms with Crippen LogP contribution in [0.3, 0.4) is 0 Å². The first-order valence-electron chi connectivity index (χ1n) is 10.4. The number of methoxy groups -OCH3 is 2. The quantitative estimate of drug-likeness (QED) is 0.203. The van der Waals surface area contributed by atoms with Gasteiger partial charge in [0.2, 0.25) is 4.77 Å². The number of nitrogens with zero attached hydrogens (tertiary/aromatic N) is 2. The minimum Gasteiger partial charge on any atom is -0.496 e. The summed E-state index contributed by atoms with van der Waals surface area (Å²) < 4.78 is 20.2. The Labute approximate surface area is 226 Å². The highest BCUT2D eigenvalue weighted by Gasteiger charge is 2.18. The van der Waals surface area contributed by atoms with E-state index in [1.807, 2.05) is 36.4 Å². The van der Waals surface area contributed by atoms with Gasteiger partial charge in [-0.3, -0.25) is 0 Å². The summed E-state index contributed by atoms with van der Waals surface area (Å²) in [6.07, 6.45) is 0. The predicted molar refractivity (Wildman–Crippen MR) is 144 cm³/mol. The first kappa shape index (κ1) is 25.4. The van der Waals surface area contributed by atoms with Crippen LogP contribution in [0.1, 0.15) is 11.1 Å². The van der Waals surface area contributed by atoms with Crippen LogP contribution in [0.5, 0.6) is 17.2 Å². The highest BCUT2D eigenvalue weighted by Crippen LogP contribution is 2.38. The average Bonchev–Trinajstić information content (AvgIpc) is 3.23. The number of rotatable bonds is 9. The second-order valence-electron chi connectivity index (χ2n) is 7.27. The van der Waals surface area contributed by atoms with E-state index in [1.165, 1.54) is 0 Å². The molecule has 0 atom stereocenters. The molecule has 11 heteroatoms. The van der Waals surface area contributed by atoms with Crippen molar-refractivity contribution in [1.82, 2.24) is 14.9 Å². The molecule has 4 aromatic rings. The van der Waals surface area contributed by atoms with E-state index in [-0.39, 0.29) is 6.61 Å². The monoisotopic (exact) mass is 594 g/mol. The maximum atomic E-state index is 6.33. The number of hydrogen-bond acceptors (Lipinski definition) is 6. The number of nitrogens with one attached hydrogen (secondary N) is 2. The summed E-state index contributed by atoms with van der Waals surface area (Å²) in [7, 11) is 3.20. The third-order valence-electron chi connectivity index (χ3n) is 5.24. The van der Waals surface area contributed by atoms with Gasteiger partial charge in [-0.05, 0) is 48.6 Å². The zero-order valence-electron chi connectivity index (χ0n) is 18.8. The van der Waals surface area contributed by atoms with Gasteiger partial charge in [-0.2, -0.15) is 5.10 Å². The predicted octanol–water partition coefficient (Wildman–Crippen LogP) is 7.02. The molecule has 0 amide bonds. The number of benzene rings is 3. The SMILES string of the molecule is COc1ccccc1-c1n[nH]c(=S)n1NCc1c(Br)ccc(OC)c1OCc1c(Cl)cccc1Cl. The van der Waals surface area contributed by atoms with Crippen LogP contribution < -0.4 is 19.6 Å². The van der Waals surface area contributed by atoms with Crippen LogP contribution in [-0.2, 0) is 13.2 Å². The van der Waals surface area contributed by atoms with Crippen molar-refractivity contribution in [3.05, 3.63) is 85.0 Å². The molecule has 0 bridgehead atoms. The first-order valence-corrected chi connectivity index (χ1v) is 12.4. The van der Waals surface area contributed by atoms with Crippen molar-refractivity contribution >= 4 is 51.3 Å². The van der Waals surface area contributed by atoms with Gasteiger partial charge in [-0.25, -0.2) is 9.77 Å². The normalized spacial score (nSPS) is 10.8. The molecule has 182 valence electrons. The van der Waals surface area contributed by atoms with Gasteiger partial charge in [-0.15, -0.1) is 0 Å². The molecule has 0 spiro atoms. The first-order chi connectivity index (χ1) is 16.9. The van der Waals surface area contributed by atoms with Crippen LogP contribution in [0.15, 0.2) is 59.1 Å². The van der Waals surface area contributed by atoms with Crippen LogP contribution >= 0.6 is 51.3 Å². The van der Waals surface area contributed by atoms with E-state index in [2.05, 4.69) is 31.6 Å². The van der Waals surface area contributed by atoms with Crippen molar-refractivity contribution in [3.8, 4) is 28.6 Å². The van der Waals surface area contributed by atoms with Crippen molar-refractivity contribution < 1.29 is 14.2 Å². The summed E-state index contributed by atoms with van der Waals surface area (Å²) >= 11 is 21.8. The fourth-order valence-electron chi connectivity index (χ4n) is 3.49. The van der Waals surface area contributed by atoms with E-state index < -0.39 is 0 Å². The maximum Gasteiger partial charge on any atom is 0.214 e. The van der Waals surface area contributed by atoms with E-state index >= 15 is 0 Å². The Morgan fingerprint density at radius 2 is 1.69 bits per heavy atom. The Morgan fingerprint density at radius 3 is 2.40 bits per heavy atom. The van der Waals surface area contributed by atoms with Gasteiger partial charge >= 0.3 is 0 Å². The fraction of sp³-hybridized carbons (Fsp3) is 0.167. The van der Waals surface area contributed by atoms with Crippen LogP contribution in [0, 0.1) is 4.77 Å². The summed E-state index contributed by atoms with van der Waals surface area (Å²) in [5.41, 5.74) is 5.60. The van der Waals surface area contributed by atoms with E-state index in [9.17, 15) is 0 Å². The van der Waals surface area contributed by atoms with Crippen LogP contribution in [-0.4, -0.2) is 29.1 Å². The van der Waals surface area contributed by atoms with Gasteiger partial charge < -0.3 is 19.6 Å². The molecule has 3 aromatic carbocycles. The number of hydrogen-bond donors (Lipinski definition) is 2. The van der Waals surface area contributed by atoms with Crippen molar-refractivity contribution in [2.45, 2.75) is 13.2 Å². The Hall–Kier alpha value is -2.72. The van der Waals surface area contributed by atoms with E-state index in [4.69, 9.17) is 49.6 Å². The lowest BCUT2D eigenvalue weighted by atomic mass is 10.1. The van der Waals surface area contributed by atoms with Crippen molar-refractivity contribution in [1.29, 1.82) is 0 Å². The molecule has 0 unspecified atom stereocenters. The highest BCUT2D eigenvalue weighted by atomic mass is 79.9. The zero-order valence-corrected chi connectivity index (χ0v) is 22.7. The molecule has 0 saturated carbocycles. The number of halogens is 3. The largest absolute Gasteiger partial charge is 0.496 e. The summed E-state index contributed by atoms with van der Waals surface area (Å²) in [6.45, 7) is 0.495. The minimum absolute atomic E-state index is 0.163. The molecule has 1 heterocycles. The molecule has 0 aliphatic rings. The van der Waals surface area contributed by atoms with Gasteiger partial charge in [-0.1, -0.05) is 57.3 Å². The van der Waals surface area contributed by atoms with E-state index in [0.717, 1.165) is 15.6 Å². The van der Waals surface area contributed by atoms with E-state index in [1.54, 1.807) is 37.1 Å². The molecular weight excluding hydrogens is 575 g/mol. The summed E-state index contributed by atoms with van der Waals surface area (Å²) in [4.78, 5) is 0. The smallest absolute Gasteiger partial charge is 0.214 e. The van der Waals surface area contributed by atoms with Gasteiger partial charge in [0.15, 0.2) is 17.3 Å². The Balaban J connectivity index is 1.66. The molecule has 0 aliphatic heterocycles. The number of H-pyrrole nitrogens is 1. The molecule has 0 fully saturated rings. The van der Waals surface area contributed by atoms with Crippen LogP contribution in [0.25, 0.3) is 11.4 Å². The lowest BCUT2D eigenvalue weighted by Crippen LogP contribution is -2.17. The topological polar surface area (TPSA) is 73.3 Å². The molecule has 4 rings (SSSR count). The third kappa shape index (κ3) is 5.43. The minimum atomic E-state index is 0.163. The summed E-state index contributed by atoms with van der Waals surface area (Å²) in [5, 5.41) is 8.27. The number of ether oxygens (including phenoxy) is 3. The maximum absolute atomic E-state index is 6.33. The van der Waals surface area contributed by atoms with Crippen LogP contribution in [0.2, 0.25) is 10.0 Å². The second kappa shape index (κ2) is 11.3. The fourth-order valence-corrected chi connectivity index (χ4v) is 4.65. The van der Waals surface area contributed by atoms with Crippen molar-refractivity contribution in [2.24, 2.45) is 0 Å². The lowest BCUT2D eigenvalue weighted by molar-refractivity contribution is 0.281. The Bertz CT molecular complexity index is 1390. The van der Waals surface area contributed by atoms with Gasteiger partial charge in [0, 0.05) is 25.6 Å². The molecule has 35 heavy (non-hydrogen) atoms. The summed E-state index contributed by atoms with van der Waals surface area (Å²) in [5.74, 6) is 2.36. The highest BCUT2D eigenvalue weighted by molar-refractivity contribution is 9.10. The molecule has 0 radical (unpaired) electrons. The molecular formula is C24H21BrCl2N4O3S. The van der Waals surface area contributed by atoms with Crippen LogP contribution in [0.4, 0.5) is 0 Å². The van der Waals surface area contributed by atoms with E-state index in [0.29, 0.717) is 50.0 Å². The Morgan fingerprint density at radius 1 is 0.971 bits per heavy atom. The third-order valence-corrected chi connectivity index (χ3v) is 6.97. The molecule has 0 aliphatic carbocycles. The molecule has 2 N–H and O–H groups in total. The zero-order chi connectivity index (χ0) is 24.9. The van der Waals surface area contributed by atoms with Crippen molar-refractivity contribution in [2.75, 3.05) is 19.6 Å². The number of para-hydroxylation sites is 1. The average molecular weight is 596 g/mol. The molecule has 7 nitrogen and oxygen atoms in total. The number of aromatic nitrogens is 3. The standard InChI is InChI=1S/C24H21BrCl2N4O3S/c1-32-20-9-4-3-6-14(20)23-29-30-24(35)31(23)28-12-15-17(25)10-11-21(33-2)22(15)34-13-16-18(26)7-5-8-19(16)27/h3-11,28H,12-13H2,1-2H3,(H,30,35). The lowest BCUT2D eigenvalue weighted by Gasteiger charge is -2.19.